The second-order valence-corrected chi connectivity index (χ2v) is 6.07. The normalized spacial score (nSPS) is 23.6. The van der Waals surface area contributed by atoms with Crippen LogP contribution in [0, 0.1) is 12.3 Å². The molecule has 0 spiro atoms. The molecule has 2 atom stereocenters. The Labute approximate surface area is 122 Å². The van der Waals surface area contributed by atoms with Gasteiger partial charge in [0.05, 0.1) is 5.41 Å². The van der Waals surface area contributed by atoms with Crippen molar-refractivity contribution in [3.05, 3.63) is 35.4 Å². The third-order valence-corrected chi connectivity index (χ3v) is 4.57. The highest BCUT2D eigenvalue weighted by atomic mass is 16.2. The first-order chi connectivity index (χ1) is 9.57. The zero-order chi connectivity index (χ0) is 14.6. The number of hydrogen-bond acceptors (Lipinski definition) is 2. The van der Waals surface area contributed by atoms with E-state index in [-0.39, 0.29) is 17.4 Å². The first kappa shape index (κ1) is 15.0. The maximum Gasteiger partial charge on any atom is 0.227 e. The monoisotopic (exact) mass is 274 g/mol. The Bertz CT molecular complexity index is 464. The molecule has 20 heavy (non-hydrogen) atoms. The van der Waals surface area contributed by atoms with Gasteiger partial charge in [0.15, 0.2) is 0 Å². The number of rotatable bonds is 5. The second-order valence-electron chi connectivity index (χ2n) is 6.07. The lowest BCUT2D eigenvalue weighted by Gasteiger charge is -2.27. The number of amides is 1. The fourth-order valence-corrected chi connectivity index (χ4v) is 3.00. The summed E-state index contributed by atoms with van der Waals surface area (Å²) in [7, 11) is 0. The van der Waals surface area contributed by atoms with Gasteiger partial charge in [-0.1, -0.05) is 31.2 Å². The van der Waals surface area contributed by atoms with Crippen LogP contribution in [0.1, 0.15) is 37.8 Å². The number of hydrogen-bond donors (Lipinski definition) is 2. The van der Waals surface area contributed by atoms with E-state index in [0.717, 1.165) is 32.4 Å². The van der Waals surface area contributed by atoms with E-state index in [1.165, 1.54) is 11.1 Å². The Morgan fingerprint density at radius 1 is 1.45 bits per heavy atom. The molecule has 0 saturated carbocycles. The van der Waals surface area contributed by atoms with Gasteiger partial charge < -0.3 is 10.6 Å². The standard InChI is InChI=1S/C17H26N2O/c1-4-17(9-10-18-12-17)16(20)19-14(3)11-15-8-6-5-7-13(15)2/h5-8,14,18H,4,9-12H2,1-3H3,(H,19,20). The number of carbonyl (C=O) groups excluding carboxylic acids is 1. The minimum Gasteiger partial charge on any atom is -0.353 e. The lowest BCUT2D eigenvalue weighted by molar-refractivity contribution is -0.130. The van der Waals surface area contributed by atoms with E-state index >= 15 is 0 Å². The summed E-state index contributed by atoms with van der Waals surface area (Å²) < 4.78 is 0. The summed E-state index contributed by atoms with van der Waals surface area (Å²) in [6, 6.07) is 8.56. The van der Waals surface area contributed by atoms with Gasteiger partial charge >= 0.3 is 0 Å². The molecule has 3 nitrogen and oxygen atoms in total. The highest BCUT2D eigenvalue weighted by molar-refractivity contribution is 5.83. The van der Waals surface area contributed by atoms with E-state index in [1.54, 1.807) is 0 Å². The predicted molar refractivity (Wildman–Crippen MR) is 82.7 cm³/mol. The van der Waals surface area contributed by atoms with Gasteiger partial charge in [0.1, 0.15) is 0 Å². The fourth-order valence-electron chi connectivity index (χ4n) is 3.00. The molecule has 3 heteroatoms. The van der Waals surface area contributed by atoms with Crippen LogP contribution in [-0.4, -0.2) is 25.0 Å². The summed E-state index contributed by atoms with van der Waals surface area (Å²) >= 11 is 0. The molecule has 0 radical (unpaired) electrons. The molecule has 1 aliphatic heterocycles. The van der Waals surface area contributed by atoms with Gasteiger partial charge in [-0.3, -0.25) is 4.79 Å². The van der Waals surface area contributed by atoms with E-state index in [2.05, 4.69) is 55.7 Å². The lowest BCUT2D eigenvalue weighted by atomic mass is 9.83. The van der Waals surface area contributed by atoms with Crippen LogP contribution in [0.25, 0.3) is 0 Å². The van der Waals surface area contributed by atoms with Crippen molar-refractivity contribution in [3.8, 4) is 0 Å². The number of carbonyl (C=O) groups is 1. The molecular weight excluding hydrogens is 248 g/mol. The molecular formula is C17H26N2O. The minimum absolute atomic E-state index is 0.174. The lowest BCUT2D eigenvalue weighted by Crippen LogP contribution is -2.46. The quantitative estimate of drug-likeness (QED) is 0.866. The van der Waals surface area contributed by atoms with Gasteiger partial charge in [-0.25, -0.2) is 0 Å². The van der Waals surface area contributed by atoms with Crippen LogP contribution in [0.2, 0.25) is 0 Å². The van der Waals surface area contributed by atoms with Crippen LogP contribution >= 0.6 is 0 Å². The molecule has 0 bridgehead atoms. The van der Waals surface area contributed by atoms with Gasteiger partial charge in [-0.2, -0.15) is 0 Å². The van der Waals surface area contributed by atoms with Crippen LogP contribution in [0.4, 0.5) is 0 Å². The molecule has 2 rings (SSSR count). The first-order valence-electron chi connectivity index (χ1n) is 7.63. The first-order valence-corrected chi connectivity index (χ1v) is 7.63. The maximum absolute atomic E-state index is 12.5. The Balaban J connectivity index is 1.96. The Hall–Kier alpha value is -1.35. The molecule has 1 heterocycles. The summed E-state index contributed by atoms with van der Waals surface area (Å²) in [4.78, 5) is 12.5. The fraction of sp³-hybridized carbons (Fsp3) is 0.588. The van der Waals surface area contributed by atoms with Gasteiger partial charge in [0, 0.05) is 12.6 Å². The second kappa shape index (κ2) is 6.40. The van der Waals surface area contributed by atoms with Crippen molar-refractivity contribution in [1.82, 2.24) is 10.6 Å². The molecule has 1 aliphatic rings. The highest BCUT2D eigenvalue weighted by Gasteiger charge is 2.39. The van der Waals surface area contributed by atoms with Crippen molar-refractivity contribution in [3.63, 3.8) is 0 Å². The zero-order valence-electron chi connectivity index (χ0n) is 12.8. The van der Waals surface area contributed by atoms with E-state index in [9.17, 15) is 4.79 Å². The molecule has 1 aromatic rings. The van der Waals surface area contributed by atoms with Crippen molar-refractivity contribution >= 4 is 5.91 Å². The van der Waals surface area contributed by atoms with Gasteiger partial charge in [-0.05, 0) is 50.8 Å². The zero-order valence-corrected chi connectivity index (χ0v) is 12.8. The van der Waals surface area contributed by atoms with E-state index in [1.807, 2.05) is 0 Å². The molecule has 2 N–H and O–H groups in total. The molecule has 110 valence electrons. The van der Waals surface area contributed by atoms with E-state index in [0.29, 0.717) is 0 Å². The molecule has 0 aromatic heterocycles. The maximum atomic E-state index is 12.5. The molecule has 1 aromatic carbocycles. The molecule has 1 amide bonds. The van der Waals surface area contributed by atoms with Crippen molar-refractivity contribution < 1.29 is 4.79 Å². The van der Waals surface area contributed by atoms with Crippen LogP contribution in [0.5, 0.6) is 0 Å². The van der Waals surface area contributed by atoms with Crippen molar-refractivity contribution in [2.45, 2.75) is 46.1 Å². The number of nitrogens with one attached hydrogen (secondary N) is 2. The van der Waals surface area contributed by atoms with E-state index in [4.69, 9.17) is 0 Å². The third-order valence-electron chi connectivity index (χ3n) is 4.57. The Morgan fingerprint density at radius 3 is 2.80 bits per heavy atom. The van der Waals surface area contributed by atoms with Gasteiger partial charge in [-0.15, -0.1) is 0 Å². The van der Waals surface area contributed by atoms with Crippen LogP contribution in [0.3, 0.4) is 0 Å². The average molecular weight is 274 g/mol. The topological polar surface area (TPSA) is 41.1 Å². The van der Waals surface area contributed by atoms with Crippen LogP contribution in [-0.2, 0) is 11.2 Å². The van der Waals surface area contributed by atoms with Crippen molar-refractivity contribution in [2.75, 3.05) is 13.1 Å². The molecule has 2 unspecified atom stereocenters. The summed E-state index contributed by atoms with van der Waals surface area (Å²) in [5.74, 6) is 0.214. The largest absolute Gasteiger partial charge is 0.353 e. The molecule has 1 fully saturated rings. The Kier molecular flexibility index (Phi) is 4.81. The van der Waals surface area contributed by atoms with Gasteiger partial charge in [0.2, 0.25) is 5.91 Å². The Morgan fingerprint density at radius 2 is 2.20 bits per heavy atom. The summed E-state index contributed by atoms with van der Waals surface area (Å²) in [5.41, 5.74) is 2.41. The summed E-state index contributed by atoms with van der Waals surface area (Å²) in [5, 5.41) is 6.53. The van der Waals surface area contributed by atoms with Crippen molar-refractivity contribution in [2.24, 2.45) is 5.41 Å². The number of aryl methyl sites for hydroxylation is 1. The predicted octanol–water partition coefficient (Wildman–Crippen LogP) is 2.43. The SMILES string of the molecule is CCC1(C(=O)NC(C)Cc2ccccc2C)CCNC1. The van der Waals surface area contributed by atoms with Crippen molar-refractivity contribution in [1.29, 1.82) is 0 Å². The number of benzene rings is 1. The third kappa shape index (κ3) is 3.21. The summed E-state index contributed by atoms with van der Waals surface area (Å²) in [6.45, 7) is 8.09. The average Bonchev–Trinajstić information content (AvgIpc) is 2.91. The minimum atomic E-state index is -0.194. The summed E-state index contributed by atoms with van der Waals surface area (Å²) in [6.07, 6.45) is 2.75. The molecule has 0 aliphatic carbocycles. The van der Waals surface area contributed by atoms with Gasteiger partial charge in [0.25, 0.3) is 0 Å². The van der Waals surface area contributed by atoms with Crippen LogP contribution in [0.15, 0.2) is 24.3 Å². The highest BCUT2D eigenvalue weighted by Crippen LogP contribution is 2.29. The van der Waals surface area contributed by atoms with Crippen LogP contribution < -0.4 is 10.6 Å². The smallest absolute Gasteiger partial charge is 0.227 e. The molecule has 1 saturated heterocycles. The van der Waals surface area contributed by atoms with E-state index < -0.39 is 0 Å².